The quantitative estimate of drug-likeness (QED) is 0.247. The molecule has 0 aliphatic carbocycles. The Morgan fingerprint density at radius 3 is 2.63 bits per heavy atom. The number of nitrogens with one attached hydrogen (secondary N) is 1. The van der Waals surface area contributed by atoms with Gasteiger partial charge in [-0.2, -0.15) is 0 Å². The van der Waals surface area contributed by atoms with Crippen LogP contribution in [0, 0.1) is 11.7 Å². The number of aliphatic hydroxyl groups is 2. The zero-order chi connectivity index (χ0) is 25.2. The molecule has 4 atom stereocenters. The molecular formula is C28H42FN3O3. The Morgan fingerprint density at radius 2 is 2.00 bits per heavy atom. The standard InChI is InChI=1S/C28H42FN3O3/c1-2-3-4-6-20(15-16-30)9-10-21(19-33)18-31-27(34)25-14-11-22(17-26(25)29)28(35)32-23-7-5-8-24(32)13-12-23/h3-4,6,11,14,17,21,23-24,27,31,33-34H,2,5,7-10,12-13,15-16,18-19,30H2,1H3/b4-3-,20-6-. The van der Waals surface area contributed by atoms with Crippen LogP contribution in [0.1, 0.15) is 86.9 Å². The van der Waals surface area contributed by atoms with Crippen molar-refractivity contribution in [1.29, 1.82) is 0 Å². The van der Waals surface area contributed by atoms with E-state index >= 15 is 0 Å². The lowest BCUT2D eigenvalue weighted by Crippen LogP contribution is -2.44. The van der Waals surface area contributed by atoms with Gasteiger partial charge in [0.15, 0.2) is 0 Å². The molecule has 2 aliphatic rings. The number of nitrogens with zero attached hydrogens (tertiary/aromatic N) is 1. The third kappa shape index (κ3) is 7.46. The highest BCUT2D eigenvalue weighted by molar-refractivity contribution is 5.95. The Kier molecular flexibility index (Phi) is 10.9. The predicted molar refractivity (Wildman–Crippen MR) is 137 cm³/mol. The smallest absolute Gasteiger partial charge is 0.254 e. The Labute approximate surface area is 209 Å². The second kappa shape index (κ2) is 13.9. The molecule has 1 aromatic rings. The van der Waals surface area contributed by atoms with Crippen LogP contribution in [0.4, 0.5) is 4.39 Å². The zero-order valence-corrected chi connectivity index (χ0v) is 21.0. The number of halogens is 1. The number of piperidine rings is 1. The number of nitrogens with two attached hydrogens (primary N) is 1. The molecule has 2 fully saturated rings. The van der Waals surface area contributed by atoms with E-state index in [1.807, 2.05) is 11.0 Å². The lowest BCUT2D eigenvalue weighted by atomic mass is 9.97. The highest BCUT2D eigenvalue weighted by atomic mass is 19.1. The molecule has 0 spiro atoms. The Balaban J connectivity index is 1.55. The number of aliphatic hydroxyl groups excluding tert-OH is 2. The first kappa shape index (κ1) is 27.5. The fourth-order valence-electron chi connectivity index (χ4n) is 5.33. The van der Waals surface area contributed by atoms with Crippen molar-refractivity contribution in [2.75, 3.05) is 19.7 Å². The SMILES string of the molecule is CC/C=C\C=C(/CCN)CCC(CO)CNC(O)c1ccc(C(=O)N2C3CCCC2CC3)cc1F. The Bertz CT molecular complexity index is 872. The van der Waals surface area contributed by atoms with Crippen LogP contribution >= 0.6 is 0 Å². The molecule has 2 aliphatic heterocycles. The van der Waals surface area contributed by atoms with E-state index in [1.54, 1.807) is 6.07 Å². The summed E-state index contributed by atoms with van der Waals surface area (Å²) in [6, 6.07) is 4.89. The molecule has 0 aromatic heterocycles. The number of hydrogen-bond donors (Lipinski definition) is 4. The number of amides is 1. The van der Waals surface area contributed by atoms with Gasteiger partial charge in [0.2, 0.25) is 0 Å². The second-order valence-electron chi connectivity index (χ2n) is 9.86. The average Bonchev–Trinajstić information content (AvgIpc) is 3.11. The van der Waals surface area contributed by atoms with Gasteiger partial charge in [-0.1, -0.05) is 36.8 Å². The number of carbonyl (C=O) groups is 1. The maximum absolute atomic E-state index is 14.9. The highest BCUT2D eigenvalue weighted by Crippen LogP contribution is 2.36. The first-order chi connectivity index (χ1) is 17.0. The summed E-state index contributed by atoms with van der Waals surface area (Å²) in [7, 11) is 0. The van der Waals surface area contributed by atoms with Crippen LogP contribution in [0.5, 0.6) is 0 Å². The first-order valence-electron chi connectivity index (χ1n) is 13.2. The van der Waals surface area contributed by atoms with Crippen molar-refractivity contribution in [2.45, 2.75) is 83.0 Å². The van der Waals surface area contributed by atoms with E-state index in [0.717, 1.165) is 57.8 Å². The molecule has 7 heteroatoms. The van der Waals surface area contributed by atoms with Crippen LogP contribution in [0.25, 0.3) is 0 Å². The molecule has 3 rings (SSSR count). The fraction of sp³-hybridized carbons (Fsp3) is 0.607. The van der Waals surface area contributed by atoms with Crippen molar-refractivity contribution in [3.8, 4) is 0 Å². The van der Waals surface area contributed by atoms with Gasteiger partial charge in [-0.05, 0) is 82.4 Å². The lowest BCUT2D eigenvalue weighted by molar-refractivity contribution is 0.0594. The molecule has 6 nitrogen and oxygen atoms in total. The average molecular weight is 488 g/mol. The number of rotatable bonds is 13. The molecule has 2 heterocycles. The maximum atomic E-state index is 14.9. The summed E-state index contributed by atoms with van der Waals surface area (Å²) in [6.07, 6.45) is 13.6. The normalized spacial score (nSPS) is 22.1. The monoisotopic (exact) mass is 487 g/mol. The molecule has 35 heavy (non-hydrogen) atoms. The molecule has 2 saturated heterocycles. The first-order valence-corrected chi connectivity index (χ1v) is 13.2. The molecule has 5 N–H and O–H groups in total. The number of hydrogen-bond acceptors (Lipinski definition) is 5. The highest BCUT2D eigenvalue weighted by Gasteiger charge is 2.39. The molecule has 4 unspecified atom stereocenters. The third-order valence-corrected chi connectivity index (χ3v) is 7.37. The van der Waals surface area contributed by atoms with E-state index in [2.05, 4.69) is 24.4 Å². The minimum Gasteiger partial charge on any atom is -0.396 e. The Morgan fingerprint density at radius 1 is 1.26 bits per heavy atom. The summed E-state index contributed by atoms with van der Waals surface area (Å²) in [5, 5.41) is 23.3. The lowest BCUT2D eigenvalue weighted by Gasteiger charge is -2.35. The number of benzene rings is 1. The van der Waals surface area contributed by atoms with E-state index < -0.39 is 12.0 Å². The maximum Gasteiger partial charge on any atom is 0.254 e. The molecule has 0 radical (unpaired) electrons. The second-order valence-corrected chi connectivity index (χ2v) is 9.86. The van der Waals surface area contributed by atoms with E-state index in [9.17, 15) is 19.4 Å². The van der Waals surface area contributed by atoms with Crippen molar-refractivity contribution in [2.24, 2.45) is 11.7 Å². The van der Waals surface area contributed by atoms with Crippen LogP contribution in [0.3, 0.4) is 0 Å². The van der Waals surface area contributed by atoms with Gasteiger partial charge in [0.25, 0.3) is 5.91 Å². The van der Waals surface area contributed by atoms with E-state index in [4.69, 9.17) is 5.73 Å². The molecule has 2 bridgehead atoms. The van der Waals surface area contributed by atoms with Gasteiger partial charge in [-0.3, -0.25) is 10.1 Å². The van der Waals surface area contributed by atoms with Crippen LogP contribution in [-0.4, -0.2) is 52.8 Å². The van der Waals surface area contributed by atoms with Crippen LogP contribution < -0.4 is 11.1 Å². The summed E-state index contributed by atoms with van der Waals surface area (Å²) in [5.74, 6) is -0.795. The van der Waals surface area contributed by atoms with Crippen molar-refractivity contribution in [1.82, 2.24) is 10.2 Å². The summed E-state index contributed by atoms with van der Waals surface area (Å²) in [6.45, 7) is 2.96. The summed E-state index contributed by atoms with van der Waals surface area (Å²) >= 11 is 0. The predicted octanol–water partition coefficient (Wildman–Crippen LogP) is 4.19. The van der Waals surface area contributed by atoms with Crippen molar-refractivity contribution >= 4 is 5.91 Å². The van der Waals surface area contributed by atoms with Gasteiger partial charge in [0.1, 0.15) is 12.0 Å². The van der Waals surface area contributed by atoms with Gasteiger partial charge in [0.05, 0.1) is 0 Å². The molecule has 194 valence electrons. The number of allylic oxidation sites excluding steroid dienone is 3. The Hall–Kier alpha value is -2.06. The van der Waals surface area contributed by atoms with Gasteiger partial charge in [0, 0.05) is 36.4 Å². The topological polar surface area (TPSA) is 98.8 Å². The molecule has 0 saturated carbocycles. The van der Waals surface area contributed by atoms with Crippen molar-refractivity contribution < 1.29 is 19.4 Å². The van der Waals surface area contributed by atoms with E-state index in [1.165, 1.54) is 17.7 Å². The van der Waals surface area contributed by atoms with Crippen molar-refractivity contribution in [3.63, 3.8) is 0 Å². The van der Waals surface area contributed by atoms with E-state index in [-0.39, 0.29) is 36.1 Å². The van der Waals surface area contributed by atoms with Crippen molar-refractivity contribution in [3.05, 3.63) is 58.9 Å². The van der Waals surface area contributed by atoms with Gasteiger partial charge < -0.3 is 20.8 Å². The van der Waals surface area contributed by atoms with Gasteiger partial charge >= 0.3 is 0 Å². The number of fused-ring (bicyclic) bond motifs is 2. The fourth-order valence-corrected chi connectivity index (χ4v) is 5.33. The minimum atomic E-state index is -1.22. The zero-order valence-electron chi connectivity index (χ0n) is 21.0. The van der Waals surface area contributed by atoms with Gasteiger partial charge in [-0.25, -0.2) is 4.39 Å². The van der Waals surface area contributed by atoms with Crippen LogP contribution in [-0.2, 0) is 0 Å². The molecule has 1 amide bonds. The largest absolute Gasteiger partial charge is 0.396 e. The molecular weight excluding hydrogens is 445 g/mol. The minimum absolute atomic E-state index is 0.0332. The van der Waals surface area contributed by atoms with Crippen LogP contribution in [0.15, 0.2) is 42.0 Å². The third-order valence-electron chi connectivity index (χ3n) is 7.37. The van der Waals surface area contributed by atoms with Gasteiger partial charge in [-0.15, -0.1) is 0 Å². The van der Waals surface area contributed by atoms with Crippen LogP contribution in [0.2, 0.25) is 0 Å². The summed E-state index contributed by atoms with van der Waals surface area (Å²) in [5.41, 5.74) is 7.39. The molecule has 1 aromatic carbocycles. The number of carbonyl (C=O) groups excluding carboxylic acids is 1. The summed E-state index contributed by atoms with van der Waals surface area (Å²) < 4.78 is 14.9. The summed E-state index contributed by atoms with van der Waals surface area (Å²) in [4.78, 5) is 15.0. The van der Waals surface area contributed by atoms with E-state index in [0.29, 0.717) is 18.7 Å².